The molecule has 0 spiro atoms. The predicted octanol–water partition coefficient (Wildman–Crippen LogP) is 0.412. The Morgan fingerprint density at radius 2 is 2.12 bits per heavy atom. The molecule has 26 heavy (non-hydrogen) atoms. The van der Waals surface area contributed by atoms with Crippen LogP contribution in [0.15, 0.2) is 30.5 Å². The number of carbonyl (C=O) groups is 1. The van der Waals surface area contributed by atoms with E-state index in [0.29, 0.717) is 18.0 Å². The minimum atomic E-state index is -0.641. The van der Waals surface area contributed by atoms with Crippen LogP contribution in [0.25, 0.3) is 11.3 Å². The standard InChI is InChI=1S/C18H23N5O3/c19-11-15-17(18(20)24)22-16(12-21-15)13-2-1-3-14(10-13)26-9-6-23-4-7-25-8-5-23/h1-3,10,12H,4-9,11,19H2,(H2,20,24). The molecular formula is C18H23N5O3. The lowest BCUT2D eigenvalue weighted by Gasteiger charge is -2.26. The molecule has 1 aliphatic rings. The number of ether oxygens (including phenoxy) is 2. The zero-order valence-electron chi connectivity index (χ0n) is 14.6. The van der Waals surface area contributed by atoms with E-state index in [4.69, 9.17) is 20.9 Å². The van der Waals surface area contributed by atoms with Crippen LogP contribution in [0.2, 0.25) is 0 Å². The van der Waals surface area contributed by atoms with Crippen LogP contribution in [0.1, 0.15) is 16.2 Å². The van der Waals surface area contributed by atoms with Gasteiger partial charge in [0.15, 0.2) is 5.69 Å². The van der Waals surface area contributed by atoms with E-state index in [2.05, 4.69) is 14.9 Å². The van der Waals surface area contributed by atoms with Crippen LogP contribution in [-0.4, -0.2) is 60.2 Å². The summed E-state index contributed by atoms with van der Waals surface area (Å²) in [5.41, 5.74) is 12.8. The number of hydrogen-bond donors (Lipinski definition) is 2. The number of rotatable bonds is 7. The lowest BCUT2D eigenvalue weighted by Crippen LogP contribution is -2.38. The number of benzene rings is 1. The first-order chi connectivity index (χ1) is 12.7. The van der Waals surface area contributed by atoms with Gasteiger partial charge in [0.1, 0.15) is 12.4 Å². The SMILES string of the molecule is NCc1ncc(-c2cccc(OCCN3CCOCC3)c2)nc1C(N)=O. The van der Waals surface area contributed by atoms with Gasteiger partial charge in [-0.25, -0.2) is 4.98 Å². The Balaban J connectivity index is 1.68. The summed E-state index contributed by atoms with van der Waals surface area (Å²) in [4.78, 5) is 22.4. The first-order valence-electron chi connectivity index (χ1n) is 8.56. The summed E-state index contributed by atoms with van der Waals surface area (Å²) in [6.45, 7) is 4.96. The van der Waals surface area contributed by atoms with Crippen molar-refractivity contribution in [2.45, 2.75) is 6.54 Å². The maximum atomic E-state index is 11.5. The number of nitrogens with two attached hydrogens (primary N) is 2. The number of nitrogens with zero attached hydrogens (tertiary/aromatic N) is 3. The van der Waals surface area contributed by atoms with Crippen molar-refractivity contribution < 1.29 is 14.3 Å². The fourth-order valence-electron chi connectivity index (χ4n) is 2.76. The molecule has 1 aliphatic heterocycles. The molecule has 1 fully saturated rings. The Bertz CT molecular complexity index is 762. The maximum absolute atomic E-state index is 11.5. The van der Waals surface area contributed by atoms with Gasteiger partial charge >= 0.3 is 0 Å². The van der Waals surface area contributed by atoms with Gasteiger partial charge in [0.2, 0.25) is 0 Å². The molecule has 8 heteroatoms. The number of carbonyl (C=O) groups excluding carboxylic acids is 1. The summed E-state index contributed by atoms with van der Waals surface area (Å²) < 4.78 is 11.2. The summed E-state index contributed by atoms with van der Waals surface area (Å²) in [5, 5.41) is 0. The zero-order chi connectivity index (χ0) is 18.4. The van der Waals surface area contributed by atoms with Gasteiger partial charge in [-0.3, -0.25) is 14.7 Å². The molecule has 0 saturated carbocycles. The normalized spacial score (nSPS) is 15.0. The Morgan fingerprint density at radius 3 is 2.85 bits per heavy atom. The van der Waals surface area contributed by atoms with Crippen LogP contribution in [0.4, 0.5) is 0 Å². The van der Waals surface area contributed by atoms with Crippen molar-refractivity contribution in [2.24, 2.45) is 11.5 Å². The third-order valence-electron chi connectivity index (χ3n) is 4.18. The van der Waals surface area contributed by atoms with Crippen LogP contribution >= 0.6 is 0 Å². The summed E-state index contributed by atoms with van der Waals surface area (Å²) in [6.07, 6.45) is 1.58. The molecule has 0 radical (unpaired) electrons. The van der Waals surface area contributed by atoms with Crippen LogP contribution in [-0.2, 0) is 11.3 Å². The molecule has 1 aromatic carbocycles. The molecule has 3 rings (SSSR count). The summed E-state index contributed by atoms with van der Waals surface area (Å²) in [6, 6.07) is 7.52. The third kappa shape index (κ3) is 4.54. The largest absolute Gasteiger partial charge is 0.492 e. The van der Waals surface area contributed by atoms with Gasteiger partial charge in [-0.1, -0.05) is 12.1 Å². The van der Waals surface area contributed by atoms with E-state index >= 15 is 0 Å². The number of morpholine rings is 1. The molecule has 0 bridgehead atoms. The first-order valence-corrected chi connectivity index (χ1v) is 8.56. The van der Waals surface area contributed by atoms with E-state index in [-0.39, 0.29) is 12.2 Å². The van der Waals surface area contributed by atoms with Crippen LogP contribution in [0.3, 0.4) is 0 Å². The number of hydrogen-bond acceptors (Lipinski definition) is 7. The molecule has 8 nitrogen and oxygen atoms in total. The minimum Gasteiger partial charge on any atom is -0.492 e. The Hall–Kier alpha value is -2.55. The maximum Gasteiger partial charge on any atom is 0.269 e. The number of amides is 1. The summed E-state index contributed by atoms with van der Waals surface area (Å²) in [5.74, 6) is 0.0961. The van der Waals surface area contributed by atoms with Gasteiger partial charge in [0.25, 0.3) is 5.91 Å². The van der Waals surface area contributed by atoms with Gasteiger partial charge in [-0.2, -0.15) is 0 Å². The highest BCUT2D eigenvalue weighted by Crippen LogP contribution is 2.22. The molecule has 138 valence electrons. The summed E-state index contributed by atoms with van der Waals surface area (Å²) in [7, 11) is 0. The molecule has 1 aromatic heterocycles. The quantitative estimate of drug-likeness (QED) is 0.737. The summed E-state index contributed by atoms with van der Waals surface area (Å²) >= 11 is 0. The van der Waals surface area contributed by atoms with E-state index in [0.717, 1.165) is 44.2 Å². The van der Waals surface area contributed by atoms with Gasteiger partial charge in [0, 0.05) is 31.7 Å². The second kappa shape index (κ2) is 8.70. The second-order valence-corrected chi connectivity index (χ2v) is 5.95. The molecule has 4 N–H and O–H groups in total. The van der Waals surface area contributed by atoms with Crippen LogP contribution in [0, 0.1) is 0 Å². The molecule has 0 aliphatic carbocycles. The van der Waals surface area contributed by atoms with E-state index in [1.165, 1.54) is 0 Å². The first kappa shape index (κ1) is 18.2. The van der Waals surface area contributed by atoms with Crippen LogP contribution in [0.5, 0.6) is 5.75 Å². The fraction of sp³-hybridized carbons (Fsp3) is 0.389. The van der Waals surface area contributed by atoms with Gasteiger partial charge in [0.05, 0.1) is 30.8 Å². The van der Waals surface area contributed by atoms with E-state index in [1.54, 1.807) is 6.20 Å². The molecule has 1 amide bonds. The van der Waals surface area contributed by atoms with Crippen LogP contribution < -0.4 is 16.2 Å². The molecule has 1 saturated heterocycles. The lowest BCUT2D eigenvalue weighted by molar-refractivity contribution is 0.0322. The van der Waals surface area contributed by atoms with Crippen molar-refractivity contribution in [3.05, 3.63) is 41.9 Å². The van der Waals surface area contributed by atoms with Crippen molar-refractivity contribution in [3.8, 4) is 17.0 Å². The van der Waals surface area contributed by atoms with Gasteiger partial charge in [-0.15, -0.1) is 0 Å². The Morgan fingerprint density at radius 1 is 1.31 bits per heavy atom. The molecule has 2 heterocycles. The average molecular weight is 357 g/mol. The van der Waals surface area contributed by atoms with E-state index in [9.17, 15) is 4.79 Å². The lowest BCUT2D eigenvalue weighted by atomic mass is 10.1. The average Bonchev–Trinajstić information content (AvgIpc) is 2.68. The molecule has 0 atom stereocenters. The monoisotopic (exact) mass is 357 g/mol. The molecule has 0 unspecified atom stereocenters. The van der Waals surface area contributed by atoms with Gasteiger partial charge < -0.3 is 20.9 Å². The smallest absolute Gasteiger partial charge is 0.269 e. The van der Waals surface area contributed by atoms with Crippen molar-refractivity contribution in [2.75, 3.05) is 39.5 Å². The van der Waals surface area contributed by atoms with E-state index in [1.807, 2.05) is 24.3 Å². The predicted molar refractivity (Wildman–Crippen MR) is 96.6 cm³/mol. The third-order valence-corrected chi connectivity index (χ3v) is 4.18. The minimum absolute atomic E-state index is 0.101. The van der Waals surface area contributed by atoms with Crippen molar-refractivity contribution in [3.63, 3.8) is 0 Å². The van der Waals surface area contributed by atoms with E-state index < -0.39 is 5.91 Å². The second-order valence-electron chi connectivity index (χ2n) is 5.95. The van der Waals surface area contributed by atoms with Crippen molar-refractivity contribution in [1.82, 2.24) is 14.9 Å². The zero-order valence-corrected chi connectivity index (χ0v) is 14.6. The highest BCUT2D eigenvalue weighted by Gasteiger charge is 2.13. The molecule has 2 aromatic rings. The molecular weight excluding hydrogens is 334 g/mol. The van der Waals surface area contributed by atoms with Crippen molar-refractivity contribution >= 4 is 5.91 Å². The van der Waals surface area contributed by atoms with Gasteiger partial charge in [-0.05, 0) is 12.1 Å². The van der Waals surface area contributed by atoms with Crippen molar-refractivity contribution in [1.29, 1.82) is 0 Å². The fourth-order valence-corrected chi connectivity index (χ4v) is 2.76. The topological polar surface area (TPSA) is 117 Å². The Kier molecular flexibility index (Phi) is 6.11. The highest BCUT2D eigenvalue weighted by atomic mass is 16.5. The Labute approximate surface area is 152 Å². The number of primary amides is 1. The highest BCUT2D eigenvalue weighted by molar-refractivity contribution is 5.92. The number of aromatic nitrogens is 2.